The summed E-state index contributed by atoms with van der Waals surface area (Å²) >= 11 is 0. The predicted molar refractivity (Wildman–Crippen MR) is 102 cm³/mol. The summed E-state index contributed by atoms with van der Waals surface area (Å²) in [6.07, 6.45) is 1.44. The molecule has 1 aliphatic rings. The number of primary amides is 1. The predicted octanol–water partition coefficient (Wildman–Crippen LogP) is 1.77. The summed E-state index contributed by atoms with van der Waals surface area (Å²) in [6.45, 7) is 1.57. The van der Waals surface area contributed by atoms with Crippen molar-refractivity contribution >= 4 is 22.6 Å². The zero-order valence-corrected chi connectivity index (χ0v) is 14.5. The van der Waals surface area contributed by atoms with E-state index in [0.29, 0.717) is 22.5 Å². The summed E-state index contributed by atoms with van der Waals surface area (Å²) in [4.78, 5) is 20.3. The van der Waals surface area contributed by atoms with Gasteiger partial charge in [0.1, 0.15) is 12.1 Å². The van der Waals surface area contributed by atoms with Gasteiger partial charge >= 0.3 is 0 Å². The lowest BCUT2D eigenvalue weighted by Gasteiger charge is -2.22. The van der Waals surface area contributed by atoms with E-state index in [-0.39, 0.29) is 12.0 Å². The third kappa shape index (κ3) is 3.18. The van der Waals surface area contributed by atoms with Crippen LogP contribution in [0.25, 0.3) is 10.9 Å². The fraction of sp³-hybridized carbons (Fsp3) is 0.200. The summed E-state index contributed by atoms with van der Waals surface area (Å²) < 4.78 is 0. The number of nitriles is 1. The Balaban J connectivity index is 1.68. The first-order valence-electron chi connectivity index (χ1n) is 8.68. The first-order valence-corrected chi connectivity index (χ1v) is 8.68. The highest BCUT2D eigenvalue weighted by Crippen LogP contribution is 2.29. The van der Waals surface area contributed by atoms with Gasteiger partial charge in [-0.1, -0.05) is 18.2 Å². The van der Waals surface area contributed by atoms with Crippen LogP contribution in [0.2, 0.25) is 0 Å². The number of anilines is 1. The largest absolute Gasteiger partial charge is 0.366 e. The summed E-state index contributed by atoms with van der Waals surface area (Å²) in [5, 5.41) is 16.8. The van der Waals surface area contributed by atoms with Crippen LogP contribution in [-0.4, -0.2) is 35.0 Å². The molecular formula is C20H18N6O. The van der Waals surface area contributed by atoms with Gasteiger partial charge in [0, 0.05) is 30.4 Å². The average Bonchev–Trinajstić information content (AvgIpc) is 3.16. The average molecular weight is 358 g/mol. The smallest absolute Gasteiger partial charge is 0.250 e. The number of nitrogens with one attached hydrogen (secondary N) is 2. The van der Waals surface area contributed by atoms with E-state index >= 15 is 0 Å². The molecule has 0 bridgehead atoms. The Morgan fingerprint density at radius 3 is 2.89 bits per heavy atom. The van der Waals surface area contributed by atoms with Gasteiger partial charge in [0.05, 0.1) is 22.7 Å². The van der Waals surface area contributed by atoms with Gasteiger partial charge in [-0.25, -0.2) is 9.97 Å². The maximum Gasteiger partial charge on any atom is 0.250 e. The minimum atomic E-state index is -0.515. The van der Waals surface area contributed by atoms with Gasteiger partial charge in [0.2, 0.25) is 0 Å². The number of carbonyl (C=O) groups is 1. The molecule has 1 aliphatic heterocycles. The Morgan fingerprint density at radius 1 is 1.22 bits per heavy atom. The molecule has 3 aromatic rings. The van der Waals surface area contributed by atoms with Gasteiger partial charge in [-0.2, -0.15) is 5.26 Å². The van der Waals surface area contributed by atoms with Gasteiger partial charge in [-0.3, -0.25) is 4.79 Å². The van der Waals surface area contributed by atoms with Gasteiger partial charge in [-0.05, 0) is 29.8 Å². The molecule has 134 valence electrons. The van der Waals surface area contributed by atoms with Gasteiger partial charge in [0.15, 0.2) is 0 Å². The van der Waals surface area contributed by atoms with Crippen molar-refractivity contribution in [2.24, 2.45) is 5.73 Å². The van der Waals surface area contributed by atoms with Crippen molar-refractivity contribution in [1.82, 2.24) is 15.3 Å². The lowest BCUT2D eigenvalue weighted by atomic mass is 9.93. The lowest BCUT2D eigenvalue weighted by Crippen LogP contribution is -2.28. The molecule has 1 aromatic heterocycles. The number of carbonyl (C=O) groups excluding carboxylic acids is 1. The zero-order chi connectivity index (χ0) is 18.8. The van der Waals surface area contributed by atoms with E-state index in [9.17, 15) is 4.79 Å². The van der Waals surface area contributed by atoms with Crippen molar-refractivity contribution in [3.8, 4) is 6.07 Å². The Kier molecular flexibility index (Phi) is 4.40. The van der Waals surface area contributed by atoms with E-state index in [4.69, 9.17) is 11.0 Å². The zero-order valence-electron chi connectivity index (χ0n) is 14.5. The van der Waals surface area contributed by atoms with Crippen molar-refractivity contribution in [3.63, 3.8) is 0 Å². The topological polar surface area (TPSA) is 117 Å². The van der Waals surface area contributed by atoms with E-state index in [1.54, 1.807) is 18.2 Å². The summed E-state index contributed by atoms with van der Waals surface area (Å²) in [6, 6.07) is 15.3. The second-order valence-electron chi connectivity index (χ2n) is 6.54. The molecule has 0 saturated carbocycles. The van der Waals surface area contributed by atoms with Crippen LogP contribution in [0.4, 0.5) is 5.82 Å². The van der Waals surface area contributed by atoms with Crippen LogP contribution in [-0.2, 0) is 0 Å². The number of aromatic nitrogens is 2. The molecule has 1 amide bonds. The number of nitrogens with zero attached hydrogens (tertiary/aromatic N) is 3. The highest BCUT2D eigenvalue weighted by Gasteiger charge is 2.29. The molecule has 2 heterocycles. The van der Waals surface area contributed by atoms with Crippen LogP contribution in [0.1, 0.15) is 27.4 Å². The van der Waals surface area contributed by atoms with Gasteiger partial charge < -0.3 is 16.4 Å². The normalized spacial score (nSPS) is 18.9. The van der Waals surface area contributed by atoms with Crippen LogP contribution in [0, 0.1) is 11.3 Å². The van der Waals surface area contributed by atoms with Crippen LogP contribution < -0.4 is 16.4 Å². The molecule has 0 spiro atoms. The minimum Gasteiger partial charge on any atom is -0.366 e. The Morgan fingerprint density at radius 2 is 2.07 bits per heavy atom. The van der Waals surface area contributed by atoms with Crippen LogP contribution in [0.15, 0.2) is 48.8 Å². The fourth-order valence-corrected chi connectivity index (χ4v) is 3.60. The number of hydrogen-bond donors (Lipinski definition) is 3. The second-order valence-corrected chi connectivity index (χ2v) is 6.54. The lowest BCUT2D eigenvalue weighted by molar-refractivity contribution is 0.100. The molecule has 4 N–H and O–H groups in total. The molecule has 1 saturated heterocycles. The molecular weight excluding hydrogens is 340 g/mol. The number of hydrogen-bond acceptors (Lipinski definition) is 6. The van der Waals surface area contributed by atoms with Crippen molar-refractivity contribution < 1.29 is 4.79 Å². The third-order valence-corrected chi connectivity index (χ3v) is 4.91. The van der Waals surface area contributed by atoms with Crippen LogP contribution >= 0.6 is 0 Å². The SMILES string of the molecule is N#Cc1cccc([C@@H]2CNC[C@H]2Nc2ncnc3c(C(N)=O)cccc23)c1. The molecule has 4 rings (SSSR count). The monoisotopic (exact) mass is 358 g/mol. The van der Waals surface area contributed by atoms with E-state index in [1.165, 1.54) is 6.33 Å². The highest BCUT2D eigenvalue weighted by molar-refractivity contribution is 6.06. The number of benzene rings is 2. The molecule has 7 heteroatoms. The molecule has 0 aliphatic carbocycles. The van der Waals surface area contributed by atoms with Crippen molar-refractivity contribution in [1.29, 1.82) is 5.26 Å². The minimum absolute atomic E-state index is 0.0919. The molecule has 1 fully saturated rings. The Hall–Kier alpha value is -3.50. The van der Waals surface area contributed by atoms with Crippen LogP contribution in [0.3, 0.4) is 0 Å². The van der Waals surface area contributed by atoms with E-state index in [1.807, 2.05) is 24.3 Å². The summed E-state index contributed by atoms with van der Waals surface area (Å²) in [7, 11) is 0. The van der Waals surface area contributed by atoms with E-state index in [0.717, 1.165) is 24.0 Å². The molecule has 2 aromatic carbocycles. The van der Waals surface area contributed by atoms with Crippen molar-refractivity contribution in [2.75, 3.05) is 18.4 Å². The number of amides is 1. The van der Waals surface area contributed by atoms with Gasteiger partial charge in [-0.15, -0.1) is 0 Å². The molecule has 0 radical (unpaired) electrons. The Bertz CT molecular complexity index is 1060. The molecule has 27 heavy (non-hydrogen) atoms. The van der Waals surface area contributed by atoms with Crippen molar-refractivity contribution in [3.05, 3.63) is 65.5 Å². The Labute approximate surface area is 156 Å². The maximum atomic E-state index is 11.7. The number of nitrogens with two attached hydrogens (primary N) is 1. The summed E-state index contributed by atoms with van der Waals surface area (Å²) in [5.41, 5.74) is 8.13. The molecule has 0 unspecified atom stereocenters. The first kappa shape index (κ1) is 16.9. The summed E-state index contributed by atoms with van der Waals surface area (Å²) in [5.74, 6) is 0.347. The van der Waals surface area contributed by atoms with Crippen LogP contribution in [0.5, 0.6) is 0 Å². The first-order chi connectivity index (χ1) is 13.2. The van der Waals surface area contributed by atoms with Crippen molar-refractivity contribution in [2.45, 2.75) is 12.0 Å². The highest BCUT2D eigenvalue weighted by atomic mass is 16.1. The number of fused-ring (bicyclic) bond motifs is 1. The second kappa shape index (κ2) is 7.02. The van der Waals surface area contributed by atoms with E-state index < -0.39 is 5.91 Å². The van der Waals surface area contributed by atoms with Gasteiger partial charge in [0.25, 0.3) is 5.91 Å². The fourth-order valence-electron chi connectivity index (χ4n) is 3.60. The number of para-hydroxylation sites is 1. The quantitative estimate of drug-likeness (QED) is 0.654. The maximum absolute atomic E-state index is 11.7. The molecule has 2 atom stereocenters. The number of rotatable bonds is 4. The molecule has 7 nitrogen and oxygen atoms in total. The van der Waals surface area contributed by atoms with E-state index in [2.05, 4.69) is 26.7 Å². The third-order valence-electron chi connectivity index (χ3n) is 4.91. The standard InChI is InChI=1S/C20H18N6O/c21-8-12-3-1-4-13(7-12)16-9-23-10-17(16)26-20-15-6-2-5-14(19(22)27)18(15)24-11-25-20/h1-7,11,16-17,23H,9-10H2,(H2,22,27)(H,24,25,26)/t16-,17+/m0/s1.